The summed E-state index contributed by atoms with van der Waals surface area (Å²) in [5, 5.41) is 0. The molecule has 1 aromatic rings. The maximum Gasteiger partial charge on any atom is 0.138 e. The molecule has 0 aliphatic carbocycles. The van der Waals surface area contributed by atoms with Crippen molar-refractivity contribution in [1.82, 2.24) is 0 Å². The van der Waals surface area contributed by atoms with Crippen LogP contribution in [0.1, 0.15) is 44.4 Å². The summed E-state index contributed by atoms with van der Waals surface area (Å²) in [4.78, 5) is 0.907. The van der Waals surface area contributed by atoms with E-state index in [2.05, 4.69) is 29.8 Å². The van der Waals surface area contributed by atoms with Crippen LogP contribution in [0.3, 0.4) is 0 Å². The van der Waals surface area contributed by atoms with E-state index < -0.39 is 0 Å². The SMILES string of the molecule is CCCCC(CC)Cc1sc(Br)cc1F. The molecule has 3 heteroatoms. The molecule has 0 amide bonds. The fraction of sp³-hybridized carbons (Fsp3) is 0.667. The van der Waals surface area contributed by atoms with Gasteiger partial charge >= 0.3 is 0 Å². The summed E-state index contributed by atoms with van der Waals surface area (Å²) in [5.74, 6) is 0.604. The Morgan fingerprint density at radius 1 is 1.47 bits per heavy atom. The second kappa shape index (κ2) is 6.64. The van der Waals surface area contributed by atoms with E-state index in [-0.39, 0.29) is 5.82 Å². The van der Waals surface area contributed by atoms with Crippen molar-refractivity contribution >= 4 is 27.3 Å². The van der Waals surface area contributed by atoms with Crippen LogP contribution in [0.5, 0.6) is 0 Å². The van der Waals surface area contributed by atoms with E-state index in [1.54, 1.807) is 6.07 Å². The van der Waals surface area contributed by atoms with Crippen molar-refractivity contribution in [2.45, 2.75) is 46.0 Å². The van der Waals surface area contributed by atoms with Crippen LogP contribution in [-0.4, -0.2) is 0 Å². The summed E-state index contributed by atoms with van der Waals surface area (Å²) in [6.45, 7) is 4.40. The van der Waals surface area contributed by atoms with Gasteiger partial charge in [-0.25, -0.2) is 4.39 Å². The Bertz CT molecular complexity index is 296. The normalized spacial score (nSPS) is 13.1. The molecule has 0 saturated carbocycles. The molecule has 1 atom stereocenters. The van der Waals surface area contributed by atoms with Gasteiger partial charge in [0.1, 0.15) is 5.82 Å². The first-order valence-electron chi connectivity index (χ1n) is 5.61. The van der Waals surface area contributed by atoms with Crippen molar-refractivity contribution in [2.75, 3.05) is 0 Å². The summed E-state index contributed by atoms with van der Waals surface area (Å²) >= 11 is 4.86. The smallest absolute Gasteiger partial charge is 0.138 e. The molecule has 0 aromatic carbocycles. The van der Waals surface area contributed by atoms with Crippen molar-refractivity contribution < 1.29 is 4.39 Å². The van der Waals surface area contributed by atoms with Crippen molar-refractivity contribution in [3.05, 3.63) is 20.5 Å². The Morgan fingerprint density at radius 2 is 2.20 bits per heavy atom. The fourth-order valence-electron chi connectivity index (χ4n) is 1.72. The third kappa shape index (κ3) is 4.23. The lowest BCUT2D eigenvalue weighted by atomic mass is 9.95. The first-order chi connectivity index (χ1) is 7.17. The summed E-state index contributed by atoms with van der Waals surface area (Å²) < 4.78 is 14.3. The minimum absolute atomic E-state index is 0.0400. The van der Waals surface area contributed by atoms with Crippen LogP contribution in [0.15, 0.2) is 9.85 Å². The molecule has 1 aromatic heterocycles. The highest BCUT2D eigenvalue weighted by atomic mass is 79.9. The molecule has 86 valence electrons. The van der Waals surface area contributed by atoms with Gasteiger partial charge < -0.3 is 0 Å². The van der Waals surface area contributed by atoms with Gasteiger partial charge in [-0.2, -0.15) is 0 Å². The molecule has 0 N–H and O–H groups in total. The first-order valence-corrected chi connectivity index (χ1v) is 7.22. The Balaban J connectivity index is 2.54. The van der Waals surface area contributed by atoms with Gasteiger partial charge in [0.2, 0.25) is 0 Å². The molecule has 0 nitrogen and oxygen atoms in total. The molecule has 1 unspecified atom stereocenters. The van der Waals surface area contributed by atoms with Gasteiger partial charge in [0.05, 0.1) is 3.79 Å². The zero-order valence-corrected chi connectivity index (χ0v) is 11.8. The molecule has 0 radical (unpaired) electrons. The third-order valence-electron chi connectivity index (χ3n) is 2.74. The van der Waals surface area contributed by atoms with E-state index in [1.165, 1.54) is 30.6 Å². The van der Waals surface area contributed by atoms with Gasteiger partial charge in [-0.3, -0.25) is 0 Å². The molecule has 0 aliphatic rings. The maximum absolute atomic E-state index is 13.4. The van der Waals surface area contributed by atoms with Crippen molar-refractivity contribution in [2.24, 2.45) is 5.92 Å². The summed E-state index contributed by atoms with van der Waals surface area (Å²) in [6.07, 6.45) is 5.76. The number of unbranched alkanes of at least 4 members (excludes halogenated alkanes) is 1. The first kappa shape index (κ1) is 13.2. The Kier molecular flexibility index (Phi) is 5.83. The van der Waals surface area contributed by atoms with Crippen LogP contribution < -0.4 is 0 Å². The number of rotatable bonds is 6. The van der Waals surface area contributed by atoms with Gasteiger partial charge in [0.25, 0.3) is 0 Å². The highest BCUT2D eigenvalue weighted by Crippen LogP contribution is 2.29. The molecule has 0 bridgehead atoms. The lowest BCUT2D eigenvalue weighted by Crippen LogP contribution is -2.03. The van der Waals surface area contributed by atoms with Gasteiger partial charge in [-0.05, 0) is 34.3 Å². The largest absolute Gasteiger partial charge is 0.206 e. The van der Waals surface area contributed by atoms with Gasteiger partial charge in [-0.1, -0.05) is 39.5 Å². The molecule has 0 spiro atoms. The molecule has 1 heterocycles. The molecule has 0 aliphatic heterocycles. The van der Waals surface area contributed by atoms with Crippen LogP contribution >= 0.6 is 27.3 Å². The molecule has 1 rings (SSSR count). The second-order valence-corrected chi connectivity index (χ2v) is 6.46. The Hall–Kier alpha value is 0.110. The summed E-state index contributed by atoms with van der Waals surface area (Å²) in [7, 11) is 0. The molecular formula is C12H18BrFS. The van der Waals surface area contributed by atoms with E-state index in [0.29, 0.717) is 5.92 Å². The number of thiophene rings is 1. The van der Waals surface area contributed by atoms with Crippen LogP contribution in [0.25, 0.3) is 0 Å². The van der Waals surface area contributed by atoms with Gasteiger partial charge in [-0.15, -0.1) is 11.3 Å². The van der Waals surface area contributed by atoms with Crippen molar-refractivity contribution in [3.63, 3.8) is 0 Å². The van der Waals surface area contributed by atoms with E-state index in [4.69, 9.17) is 0 Å². The van der Waals surface area contributed by atoms with Crippen LogP contribution in [0.2, 0.25) is 0 Å². The lowest BCUT2D eigenvalue weighted by molar-refractivity contribution is 0.444. The second-order valence-electron chi connectivity index (χ2n) is 3.94. The van der Waals surface area contributed by atoms with Crippen molar-refractivity contribution in [3.8, 4) is 0 Å². The molecule has 0 fully saturated rings. The predicted octanol–water partition coefficient (Wildman–Crippen LogP) is 5.41. The Labute approximate surface area is 104 Å². The van der Waals surface area contributed by atoms with Crippen LogP contribution in [0.4, 0.5) is 4.39 Å². The third-order valence-corrected chi connectivity index (χ3v) is 4.38. The molecule has 15 heavy (non-hydrogen) atoms. The van der Waals surface area contributed by atoms with Gasteiger partial charge in [0, 0.05) is 4.88 Å². The number of hydrogen-bond acceptors (Lipinski definition) is 1. The zero-order chi connectivity index (χ0) is 11.3. The standard InChI is InChI=1S/C12H18BrFS/c1-3-5-6-9(4-2)7-11-10(14)8-12(13)15-11/h8-9H,3-7H2,1-2H3. The number of hydrogen-bond donors (Lipinski definition) is 0. The topological polar surface area (TPSA) is 0 Å². The Morgan fingerprint density at radius 3 is 2.67 bits per heavy atom. The predicted molar refractivity (Wildman–Crippen MR) is 69.0 cm³/mol. The minimum atomic E-state index is -0.0400. The number of halogens is 2. The average Bonchev–Trinajstić information content (AvgIpc) is 2.52. The maximum atomic E-state index is 13.4. The average molecular weight is 293 g/mol. The highest BCUT2D eigenvalue weighted by Gasteiger charge is 2.13. The van der Waals surface area contributed by atoms with Gasteiger partial charge in [0.15, 0.2) is 0 Å². The molecule has 0 saturated heterocycles. The minimum Gasteiger partial charge on any atom is -0.206 e. The fourth-order valence-corrected chi connectivity index (χ4v) is 3.38. The monoisotopic (exact) mass is 292 g/mol. The van der Waals surface area contributed by atoms with E-state index in [1.807, 2.05) is 0 Å². The summed E-state index contributed by atoms with van der Waals surface area (Å²) in [6, 6.07) is 1.58. The zero-order valence-electron chi connectivity index (χ0n) is 9.35. The van der Waals surface area contributed by atoms with E-state index in [0.717, 1.165) is 21.5 Å². The van der Waals surface area contributed by atoms with Crippen LogP contribution in [-0.2, 0) is 6.42 Å². The van der Waals surface area contributed by atoms with E-state index in [9.17, 15) is 4.39 Å². The van der Waals surface area contributed by atoms with Crippen molar-refractivity contribution in [1.29, 1.82) is 0 Å². The van der Waals surface area contributed by atoms with E-state index >= 15 is 0 Å². The highest BCUT2D eigenvalue weighted by molar-refractivity contribution is 9.11. The molecular weight excluding hydrogens is 275 g/mol. The quantitative estimate of drug-likeness (QED) is 0.658. The lowest BCUT2D eigenvalue weighted by Gasteiger charge is -2.12. The van der Waals surface area contributed by atoms with Crippen LogP contribution in [0, 0.1) is 11.7 Å². The summed E-state index contributed by atoms with van der Waals surface area (Å²) in [5.41, 5.74) is 0.